The lowest BCUT2D eigenvalue weighted by Crippen LogP contribution is -2.29. The molecule has 208 valence electrons. The number of thioether (sulfide) groups is 1. The van der Waals surface area contributed by atoms with Crippen LogP contribution in [-0.4, -0.2) is 41.2 Å². The van der Waals surface area contributed by atoms with Crippen LogP contribution in [0.4, 0.5) is 0 Å². The number of hydrogen-bond acceptors (Lipinski definition) is 9. The summed E-state index contributed by atoms with van der Waals surface area (Å²) in [4.78, 5) is 45.6. The van der Waals surface area contributed by atoms with Crippen LogP contribution >= 0.6 is 34.7 Å². The molecule has 0 unspecified atom stereocenters. The standard InChI is InChI=1S/C29H25ClN6O3S2/c1-29(2,3)28(39)36-26(40-17-20-4-7-25(30)41-20)14-22(34-36)23-6-5-21(18-8-11-31-12-9-18)27(38)35(23)16-24(37)19-10-13-32-33-15-19/h4-15H,16-17H2,1-3H3. The average Bonchev–Trinajstić information content (AvgIpc) is 3.58. The van der Waals surface area contributed by atoms with Crippen LogP contribution < -0.4 is 5.56 Å². The van der Waals surface area contributed by atoms with E-state index in [1.54, 1.807) is 48.8 Å². The molecule has 0 saturated heterocycles. The highest BCUT2D eigenvalue weighted by Crippen LogP contribution is 2.33. The van der Waals surface area contributed by atoms with E-state index >= 15 is 0 Å². The van der Waals surface area contributed by atoms with Crippen LogP contribution in [0.3, 0.4) is 0 Å². The number of carbonyl (C=O) groups excluding carboxylic acids is 2. The van der Waals surface area contributed by atoms with E-state index in [4.69, 9.17) is 11.6 Å². The molecule has 0 amide bonds. The Balaban J connectivity index is 1.62. The molecule has 0 bridgehead atoms. The van der Waals surface area contributed by atoms with Crippen LogP contribution in [0.1, 0.15) is 40.8 Å². The van der Waals surface area contributed by atoms with E-state index in [1.165, 1.54) is 44.7 Å². The number of aromatic nitrogens is 6. The number of pyridine rings is 2. The van der Waals surface area contributed by atoms with E-state index < -0.39 is 5.41 Å². The van der Waals surface area contributed by atoms with Gasteiger partial charge in [0, 0.05) is 45.6 Å². The molecule has 5 rings (SSSR count). The van der Waals surface area contributed by atoms with Crippen molar-refractivity contribution in [1.82, 2.24) is 29.5 Å². The summed E-state index contributed by atoms with van der Waals surface area (Å²) >= 11 is 9.03. The molecule has 5 aromatic heterocycles. The van der Waals surface area contributed by atoms with E-state index in [2.05, 4.69) is 20.3 Å². The van der Waals surface area contributed by atoms with Gasteiger partial charge < -0.3 is 0 Å². The Morgan fingerprint density at radius 1 is 1.00 bits per heavy atom. The molecule has 0 atom stereocenters. The lowest BCUT2D eigenvalue weighted by molar-refractivity contribution is 0.0736. The molecular formula is C29H25ClN6O3S2. The third-order valence-electron chi connectivity index (χ3n) is 6.14. The van der Waals surface area contributed by atoms with Crippen LogP contribution in [0, 0.1) is 5.41 Å². The Morgan fingerprint density at radius 3 is 2.44 bits per heavy atom. The van der Waals surface area contributed by atoms with E-state index in [9.17, 15) is 14.4 Å². The van der Waals surface area contributed by atoms with Gasteiger partial charge in [-0.05, 0) is 48.0 Å². The highest BCUT2D eigenvalue weighted by Gasteiger charge is 2.28. The minimum Gasteiger partial charge on any atom is -0.298 e. The first-order valence-electron chi connectivity index (χ1n) is 12.6. The summed E-state index contributed by atoms with van der Waals surface area (Å²) in [5.74, 6) is 0.0718. The maximum Gasteiger partial charge on any atom is 0.259 e. The molecule has 0 aliphatic carbocycles. The quantitative estimate of drug-likeness (QED) is 0.153. The van der Waals surface area contributed by atoms with Crippen molar-refractivity contribution in [1.29, 1.82) is 0 Å². The van der Waals surface area contributed by atoms with Gasteiger partial charge in [-0.25, -0.2) is 0 Å². The number of carbonyl (C=O) groups is 2. The molecule has 0 aliphatic rings. The summed E-state index contributed by atoms with van der Waals surface area (Å²) in [6.45, 7) is 5.22. The molecule has 0 fully saturated rings. The summed E-state index contributed by atoms with van der Waals surface area (Å²) in [6.07, 6.45) is 5.99. The van der Waals surface area contributed by atoms with Gasteiger partial charge in [0.05, 0.1) is 29.0 Å². The van der Waals surface area contributed by atoms with Crippen LogP contribution in [0.2, 0.25) is 4.34 Å². The number of nitrogens with zero attached hydrogens (tertiary/aromatic N) is 6. The van der Waals surface area contributed by atoms with Gasteiger partial charge in [0.25, 0.3) is 11.5 Å². The highest BCUT2D eigenvalue weighted by molar-refractivity contribution is 7.98. The van der Waals surface area contributed by atoms with E-state index in [-0.39, 0.29) is 23.8 Å². The van der Waals surface area contributed by atoms with Gasteiger partial charge in [0.2, 0.25) is 0 Å². The second-order valence-corrected chi connectivity index (χ2v) is 12.9. The number of hydrogen-bond donors (Lipinski definition) is 0. The van der Waals surface area contributed by atoms with Crippen molar-refractivity contribution in [3.63, 3.8) is 0 Å². The van der Waals surface area contributed by atoms with Gasteiger partial charge in [-0.15, -0.1) is 23.1 Å². The topological polar surface area (TPSA) is 113 Å². The largest absolute Gasteiger partial charge is 0.298 e. The third-order valence-corrected chi connectivity index (χ3v) is 8.59. The van der Waals surface area contributed by atoms with Crippen LogP contribution in [0.25, 0.3) is 22.5 Å². The molecule has 0 aliphatic heterocycles. The van der Waals surface area contributed by atoms with Gasteiger partial charge in [-0.1, -0.05) is 32.4 Å². The van der Waals surface area contributed by atoms with Crippen molar-refractivity contribution in [2.24, 2.45) is 5.41 Å². The lowest BCUT2D eigenvalue weighted by Gasteiger charge is -2.17. The maximum absolute atomic E-state index is 13.9. The Kier molecular flexibility index (Phi) is 8.30. The number of ketones is 1. The second kappa shape index (κ2) is 11.9. The minimum absolute atomic E-state index is 0.197. The highest BCUT2D eigenvalue weighted by atomic mass is 35.5. The molecule has 41 heavy (non-hydrogen) atoms. The number of halogens is 1. The number of rotatable bonds is 8. The third kappa shape index (κ3) is 6.37. The predicted molar refractivity (Wildman–Crippen MR) is 160 cm³/mol. The fourth-order valence-electron chi connectivity index (χ4n) is 4.03. The molecule has 0 N–H and O–H groups in total. The summed E-state index contributed by atoms with van der Waals surface area (Å²) in [7, 11) is 0. The molecule has 12 heteroatoms. The Bertz CT molecular complexity index is 1780. The van der Waals surface area contributed by atoms with Crippen molar-refractivity contribution < 1.29 is 9.59 Å². The predicted octanol–water partition coefficient (Wildman–Crippen LogP) is 6.14. The Morgan fingerprint density at radius 2 is 1.78 bits per heavy atom. The zero-order chi connectivity index (χ0) is 29.1. The fraction of sp³-hybridized carbons (Fsp3) is 0.207. The van der Waals surface area contributed by atoms with Gasteiger partial charge >= 0.3 is 0 Å². The lowest BCUT2D eigenvalue weighted by atomic mass is 9.96. The fourth-order valence-corrected chi connectivity index (χ4v) is 6.15. The zero-order valence-corrected chi connectivity index (χ0v) is 24.8. The first-order valence-corrected chi connectivity index (χ1v) is 14.8. The van der Waals surface area contributed by atoms with Crippen LogP contribution in [0.15, 0.2) is 83.1 Å². The average molecular weight is 605 g/mol. The summed E-state index contributed by atoms with van der Waals surface area (Å²) < 4.78 is 3.46. The van der Waals surface area contributed by atoms with Gasteiger partial charge in [0.1, 0.15) is 10.7 Å². The minimum atomic E-state index is -0.708. The first-order chi connectivity index (χ1) is 19.6. The van der Waals surface area contributed by atoms with Crippen molar-refractivity contribution in [3.8, 4) is 22.5 Å². The van der Waals surface area contributed by atoms with E-state index in [0.717, 1.165) is 4.88 Å². The molecule has 5 aromatic rings. The Labute approximate surface area is 249 Å². The van der Waals surface area contributed by atoms with Gasteiger partial charge in [0.15, 0.2) is 5.78 Å². The van der Waals surface area contributed by atoms with Crippen molar-refractivity contribution in [3.05, 3.63) is 98.4 Å². The number of Topliss-reactive ketones (excluding diaryl/α,β-unsaturated/α-hetero) is 1. The molecule has 0 saturated carbocycles. The number of thiophene rings is 1. The van der Waals surface area contributed by atoms with Crippen LogP contribution in [-0.2, 0) is 12.3 Å². The zero-order valence-electron chi connectivity index (χ0n) is 22.4. The smallest absolute Gasteiger partial charge is 0.259 e. The van der Waals surface area contributed by atoms with Crippen molar-refractivity contribution in [2.45, 2.75) is 38.1 Å². The molecule has 0 spiro atoms. The SMILES string of the molecule is CC(C)(C)C(=O)n1nc(-c2ccc(-c3ccncc3)c(=O)n2CC(=O)c2ccnnc2)cc1SCc1ccc(Cl)s1. The van der Waals surface area contributed by atoms with Crippen molar-refractivity contribution in [2.75, 3.05) is 0 Å². The van der Waals surface area contributed by atoms with E-state index in [0.29, 0.717) is 43.2 Å². The maximum atomic E-state index is 13.9. The molecule has 9 nitrogen and oxygen atoms in total. The second-order valence-electron chi connectivity index (χ2n) is 10.1. The summed E-state index contributed by atoms with van der Waals surface area (Å²) in [5.41, 5.74) is 1.13. The molecule has 0 radical (unpaired) electrons. The van der Waals surface area contributed by atoms with Gasteiger partial charge in [-0.2, -0.15) is 20.0 Å². The molecule has 5 heterocycles. The van der Waals surface area contributed by atoms with Crippen molar-refractivity contribution >= 4 is 46.4 Å². The summed E-state index contributed by atoms with van der Waals surface area (Å²) in [6, 6.07) is 14.0. The summed E-state index contributed by atoms with van der Waals surface area (Å²) in [5, 5.41) is 12.8. The molecular weight excluding hydrogens is 580 g/mol. The van der Waals surface area contributed by atoms with Crippen LogP contribution in [0.5, 0.6) is 0 Å². The van der Waals surface area contributed by atoms with E-state index in [1.807, 2.05) is 32.9 Å². The van der Waals surface area contributed by atoms with Gasteiger partial charge in [-0.3, -0.25) is 23.9 Å². The first kappa shape index (κ1) is 28.6. The normalized spacial score (nSPS) is 11.5. The monoisotopic (exact) mass is 604 g/mol. The molecule has 0 aromatic carbocycles. The Hall–Kier alpha value is -3.93.